The topological polar surface area (TPSA) is 12.0 Å². The highest BCUT2D eigenvalue weighted by Gasteiger charge is 2.20. The Kier molecular flexibility index (Phi) is 3.46. The van der Waals surface area contributed by atoms with Gasteiger partial charge in [-0.3, -0.25) is 0 Å². The zero-order valence-corrected chi connectivity index (χ0v) is 12.7. The Morgan fingerprint density at radius 3 is 2.63 bits per heavy atom. The van der Waals surface area contributed by atoms with Crippen LogP contribution in [0.3, 0.4) is 0 Å². The van der Waals surface area contributed by atoms with Gasteiger partial charge in [0.1, 0.15) is 0 Å². The summed E-state index contributed by atoms with van der Waals surface area (Å²) in [6.45, 7) is 4.37. The van der Waals surface area contributed by atoms with E-state index in [1.54, 1.807) is 10.4 Å². The van der Waals surface area contributed by atoms with E-state index in [1.807, 2.05) is 11.3 Å². The van der Waals surface area contributed by atoms with Crippen LogP contribution in [0.1, 0.15) is 44.5 Å². The van der Waals surface area contributed by atoms with Crippen LogP contribution in [0.15, 0.2) is 24.3 Å². The van der Waals surface area contributed by atoms with Gasteiger partial charge in [0.05, 0.1) is 6.04 Å². The van der Waals surface area contributed by atoms with E-state index in [9.17, 15) is 0 Å². The number of thiophene rings is 1. The second kappa shape index (κ2) is 5.10. The van der Waals surface area contributed by atoms with Crippen molar-refractivity contribution in [1.82, 2.24) is 5.32 Å². The molecule has 3 rings (SSSR count). The standard InChI is InChI=1S/C17H21NS/c1-11-7-8-14(9-12(11)2)17(18-3)16-10-13-5-4-6-15(13)19-16/h7-10,17-18H,4-6H2,1-3H3. The van der Waals surface area contributed by atoms with E-state index >= 15 is 0 Å². The average Bonchev–Trinajstić information content (AvgIpc) is 2.95. The first-order valence-electron chi connectivity index (χ1n) is 7.05. The van der Waals surface area contributed by atoms with Gasteiger partial charge in [-0.1, -0.05) is 18.2 Å². The van der Waals surface area contributed by atoms with Crippen LogP contribution in [0.25, 0.3) is 0 Å². The average molecular weight is 271 g/mol. The van der Waals surface area contributed by atoms with E-state index in [2.05, 4.69) is 50.5 Å². The molecule has 1 atom stereocenters. The van der Waals surface area contributed by atoms with E-state index in [0.29, 0.717) is 6.04 Å². The molecule has 100 valence electrons. The molecular weight excluding hydrogens is 250 g/mol. The quantitative estimate of drug-likeness (QED) is 0.884. The van der Waals surface area contributed by atoms with Gasteiger partial charge in [0, 0.05) is 9.75 Å². The first-order chi connectivity index (χ1) is 9.19. The van der Waals surface area contributed by atoms with Gasteiger partial charge in [0.2, 0.25) is 0 Å². The monoisotopic (exact) mass is 271 g/mol. The van der Waals surface area contributed by atoms with Gasteiger partial charge < -0.3 is 5.32 Å². The van der Waals surface area contributed by atoms with Crippen molar-refractivity contribution in [1.29, 1.82) is 0 Å². The molecule has 1 aliphatic rings. The van der Waals surface area contributed by atoms with Gasteiger partial charge in [-0.25, -0.2) is 0 Å². The molecule has 1 aromatic carbocycles. The minimum absolute atomic E-state index is 0.342. The smallest absolute Gasteiger partial charge is 0.0668 e. The molecule has 0 saturated carbocycles. The van der Waals surface area contributed by atoms with Crippen LogP contribution in [0.5, 0.6) is 0 Å². The molecule has 1 nitrogen and oxygen atoms in total. The fourth-order valence-electron chi connectivity index (χ4n) is 2.91. The molecule has 2 heteroatoms. The molecule has 0 fully saturated rings. The van der Waals surface area contributed by atoms with Crippen molar-refractivity contribution < 1.29 is 0 Å². The molecule has 1 heterocycles. The summed E-state index contributed by atoms with van der Waals surface area (Å²) in [5.74, 6) is 0. The summed E-state index contributed by atoms with van der Waals surface area (Å²) in [7, 11) is 2.06. The Hall–Kier alpha value is -1.12. The summed E-state index contributed by atoms with van der Waals surface area (Å²) in [4.78, 5) is 3.08. The molecule has 1 N–H and O–H groups in total. The second-order valence-electron chi connectivity index (χ2n) is 5.52. The lowest BCUT2D eigenvalue weighted by Gasteiger charge is -2.16. The first-order valence-corrected chi connectivity index (χ1v) is 7.86. The molecule has 1 aromatic heterocycles. The molecule has 0 spiro atoms. The van der Waals surface area contributed by atoms with Gasteiger partial charge in [-0.05, 0) is 68.5 Å². The van der Waals surface area contributed by atoms with Gasteiger partial charge in [-0.2, -0.15) is 0 Å². The van der Waals surface area contributed by atoms with E-state index in [1.165, 1.54) is 40.8 Å². The van der Waals surface area contributed by atoms with E-state index in [4.69, 9.17) is 0 Å². The number of benzene rings is 1. The summed E-state index contributed by atoms with van der Waals surface area (Å²) in [6, 6.07) is 9.57. The second-order valence-corrected chi connectivity index (χ2v) is 6.68. The Morgan fingerprint density at radius 2 is 1.95 bits per heavy atom. The van der Waals surface area contributed by atoms with Crippen molar-refractivity contribution in [2.75, 3.05) is 7.05 Å². The maximum atomic E-state index is 3.48. The van der Waals surface area contributed by atoms with Crippen LogP contribution in [0.2, 0.25) is 0 Å². The molecule has 1 aliphatic carbocycles. The maximum absolute atomic E-state index is 3.48. The third-order valence-electron chi connectivity index (χ3n) is 4.20. The highest BCUT2D eigenvalue weighted by atomic mass is 32.1. The van der Waals surface area contributed by atoms with Crippen molar-refractivity contribution in [3.63, 3.8) is 0 Å². The van der Waals surface area contributed by atoms with Crippen LogP contribution >= 0.6 is 11.3 Å². The van der Waals surface area contributed by atoms with E-state index in [-0.39, 0.29) is 0 Å². The minimum Gasteiger partial charge on any atom is -0.309 e. The van der Waals surface area contributed by atoms with Crippen molar-refractivity contribution in [2.45, 2.75) is 39.2 Å². The lowest BCUT2D eigenvalue weighted by atomic mass is 10.00. The molecule has 2 aromatic rings. The zero-order chi connectivity index (χ0) is 13.4. The molecule has 0 saturated heterocycles. The molecule has 0 bridgehead atoms. The summed E-state index contributed by atoms with van der Waals surface area (Å²) in [6.07, 6.45) is 3.90. The highest BCUT2D eigenvalue weighted by Crippen LogP contribution is 2.36. The van der Waals surface area contributed by atoms with Gasteiger partial charge in [0.15, 0.2) is 0 Å². The molecule has 0 radical (unpaired) electrons. The van der Waals surface area contributed by atoms with Crippen LogP contribution < -0.4 is 5.32 Å². The normalized spacial score (nSPS) is 15.5. The largest absolute Gasteiger partial charge is 0.309 e. The highest BCUT2D eigenvalue weighted by molar-refractivity contribution is 7.12. The number of nitrogens with one attached hydrogen (secondary N) is 1. The SMILES string of the molecule is CNC(c1ccc(C)c(C)c1)c1cc2c(s1)CCC2. The van der Waals surface area contributed by atoms with Crippen LogP contribution in [0.4, 0.5) is 0 Å². The van der Waals surface area contributed by atoms with Crippen LogP contribution in [-0.2, 0) is 12.8 Å². The first kappa shape index (κ1) is 12.9. The number of hydrogen-bond donors (Lipinski definition) is 1. The molecule has 19 heavy (non-hydrogen) atoms. The Balaban J connectivity index is 1.96. The molecular formula is C17H21NS. The lowest BCUT2D eigenvalue weighted by Crippen LogP contribution is -2.16. The predicted octanol–water partition coefficient (Wildman–Crippen LogP) is 4.16. The maximum Gasteiger partial charge on any atom is 0.0668 e. The fraction of sp³-hybridized carbons (Fsp3) is 0.412. The van der Waals surface area contributed by atoms with E-state index in [0.717, 1.165) is 0 Å². The number of hydrogen-bond acceptors (Lipinski definition) is 2. The van der Waals surface area contributed by atoms with Gasteiger partial charge in [0.25, 0.3) is 0 Å². The minimum atomic E-state index is 0.342. The Morgan fingerprint density at radius 1 is 1.11 bits per heavy atom. The Labute approximate surface area is 119 Å². The summed E-state index contributed by atoms with van der Waals surface area (Å²) in [5.41, 5.74) is 5.71. The van der Waals surface area contributed by atoms with Gasteiger partial charge >= 0.3 is 0 Å². The molecule has 1 unspecified atom stereocenters. The fourth-order valence-corrected chi connectivity index (χ4v) is 4.31. The van der Waals surface area contributed by atoms with Crippen molar-refractivity contribution in [3.8, 4) is 0 Å². The summed E-state index contributed by atoms with van der Waals surface area (Å²) >= 11 is 2.00. The van der Waals surface area contributed by atoms with Gasteiger partial charge in [-0.15, -0.1) is 11.3 Å². The van der Waals surface area contributed by atoms with Crippen molar-refractivity contribution in [3.05, 3.63) is 56.3 Å². The molecule has 0 amide bonds. The van der Waals surface area contributed by atoms with Crippen molar-refractivity contribution in [2.24, 2.45) is 0 Å². The third kappa shape index (κ3) is 2.35. The number of fused-ring (bicyclic) bond motifs is 1. The van der Waals surface area contributed by atoms with Crippen LogP contribution in [0, 0.1) is 13.8 Å². The zero-order valence-electron chi connectivity index (χ0n) is 11.9. The summed E-state index contributed by atoms with van der Waals surface area (Å²) < 4.78 is 0. The number of rotatable bonds is 3. The summed E-state index contributed by atoms with van der Waals surface area (Å²) in [5, 5.41) is 3.48. The predicted molar refractivity (Wildman–Crippen MR) is 83.2 cm³/mol. The van der Waals surface area contributed by atoms with Crippen LogP contribution in [-0.4, -0.2) is 7.05 Å². The third-order valence-corrected chi connectivity index (χ3v) is 5.51. The van der Waals surface area contributed by atoms with Crippen molar-refractivity contribution >= 4 is 11.3 Å². The lowest BCUT2D eigenvalue weighted by molar-refractivity contribution is 0.702. The Bertz CT molecular complexity index is 576. The number of aryl methyl sites for hydroxylation is 4. The van der Waals surface area contributed by atoms with E-state index < -0.39 is 0 Å². The molecule has 0 aliphatic heterocycles.